The van der Waals surface area contributed by atoms with E-state index in [-0.39, 0.29) is 6.03 Å². The smallest absolute Gasteiger partial charge is 0.326 e. The Morgan fingerprint density at radius 3 is 2.23 bits per heavy atom. The molecule has 2 amide bonds. The number of benzene rings is 2. The average Bonchev–Trinajstić information content (AvgIpc) is 2.68. The van der Waals surface area contributed by atoms with E-state index in [1.165, 1.54) is 25.8 Å². The predicted molar refractivity (Wildman–Crippen MR) is 108 cm³/mol. The van der Waals surface area contributed by atoms with Gasteiger partial charge >= 0.3 is 6.03 Å². The molecule has 0 aromatic heterocycles. The summed E-state index contributed by atoms with van der Waals surface area (Å²) in [7, 11) is 0. The van der Waals surface area contributed by atoms with E-state index in [1.807, 2.05) is 60.7 Å². The van der Waals surface area contributed by atoms with Crippen molar-refractivity contribution in [2.75, 3.05) is 24.5 Å². The zero-order chi connectivity index (χ0) is 18.2. The molecule has 138 valence electrons. The highest BCUT2D eigenvalue weighted by Crippen LogP contribution is 2.24. The quantitative estimate of drug-likeness (QED) is 0.759. The third kappa shape index (κ3) is 4.85. The molecule has 1 aliphatic heterocycles. The molecule has 1 N–H and O–H groups in total. The van der Waals surface area contributed by atoms with Gasteiger partial charge in [0.15, 0.2) is 0 Å². The summed E-state index contributed by atoms with van der Waals surface area (Å²) in [6.45, 7) is 5.25. The molecule has 4 heteroatoms. The van der Waals surface area contributed by atoms with Crippen LogP contribution in [0, 0.1) is 0 Å². The fourth-order valence-electron chi connectivity index (χ4n) is 3.58. The Hall–Kier alpha value is -2.33. The van der Waals surface area contributed by atoms with E-state index in [4.69, 9.17) is 0 Å². The summed E-state index contributed by atoms with van der Waals surface area (Å²) in [5.41, 5.74) is 1.75. The first-order chi connectivity index (χ1) is 12.8. The number of rotatable bonds is 6. The van der Waals surface area contributed by atoms with Crippen LogP contribution in [0.15, 0.2) is 60.7 Å². The van der Waals surface area contributed by atoms with Crippen molar-refractivity contribution in [2.45, 2.75) is 38.6 Å². The molecule has 26 heavy (non-hydrogen) atoms. The highest BCUT2D eigenvalue weighted by atomic mass is 16.2. The lowest BCUT2D eigenvalue weighted by Gasteiger charge is -2.33. The molecule has 4 nitrogen and oxygen atoms in total. The van der Waals surface area contributed by atoms with Gasteiger partial charge in [0.05, 0.1) is 11.4 Å². The molecule has 1 unspecified atom stereocenters. The van der Waals surface area contributed by atoms with Gasteiger partial charge in [-0.05, 0) is 57.0 Å². The van der Waals surface area contributed by atoms with Crippen LogP contribution in [0.1, 0.15) is 32.6 Å². The van der Waals surface area contributed by atoms with Gasteiger partial charge in [0.25, 0.3) is 0 Å². The molecule has 0 aliphatic carbocycles. The summed E-state index contributed by atoms with van der Waals surface area (Å²) in [6, 6.07) is 20.2. The van der Waals surface area contributed by atoms with Crippen molar-refractivity contribution in [1.29, 1.82) is 0 Å². The highest BCUT2D eigenvalue weighted by Gasteiger charge is 2.19. The molecule has 0 saturated carbocycles. The van der Waals surface area contributed by atoms with Crippen molar-refractivity contribution in [1.82, 2.24) is 10.2 Å². The molecule has 1 aliphatic rings. The lowest BCUT2D eigenvalue weighted by Crippen LogP contribution is -2.41. The van der Waals surface area contributed by atoms with Gasteiger partial charge in [0, 0.05) is 19.1 Å². The summed E-state index contributed by atoms with van der Waals surface area (Å²) in [4.78, 5) is 17.1. The second-order valence-corrected chi connectivity index (χ2v) is 6.97. The van der Waals surface area contributed by atoms with E-state index < -0.39 is 0 Å². The summed E-state index contributed by atoms with van der Waals surface area (Å²) < 4.78 is 0. The van der Waals surface area contributed by atoms with Gasteiger partial charge in [0.1, 0.15) is 0 Å². The van der Waals surface area contributed by atoms with E-state index in [2.05, 4.69) is 17.1 Å². The molecule has 1 fully saturated rings. The first kappa shape index (κ1) is 18.5. The Morgan fingerprint density at radius 1 is 1.04 bits per heavy atom. The topological polar surface area (TPSA) is 35.6 Å². The third-order valence-corrected chi connectivity index (χ3v) is 5.07. The van der Waals surface area contributed by atoms with E-state index in [0.717, 1.165) is 24.3 Å². The fourth-order valence-corrected chi connectivity index (χ4v) is 3.58. The van der Waals surface area contributed by atoms with Crippen molar-refractivity contribution >= 4 is 17.4 Å². The minimum Gasteiger partial charge on any atom is -0.337 e. The monoisotopic (exact) mass is 351 g/mol. The van der Waals surface area contributed by atoms with E-state index in [1.54, 1.807) is 4.90 Å². The molecule has 1 heterocycles. The molecule has 2 aromatic carbocycles. The number of carbonyl (C=O) groups excluding carboxylic acids is 1. The number of urea groups is 1. The maximum absolute atomic E-state index is 12.9. The van der Waals surface area contributed by atoms with E-state index >= 15 is 0 Å². The number of nitrogens with zero attached hydrogens (tertiary/aromatic N) is 2. The zero-order valence-corrected chi connectivity index (χ0v) is 15.6. The Labute approximate surface area is 156 Å². The van der Waals surface area contributed by atoms with Crippen molar-refractivity contribution in [3.05, 3.63) is 60.7 Å². The normalized spacial score (nSPS) is 17.7. The fraction of sp³-hybridized carbons (Fsp3) is 0.409. The zero-order valence-electron chi connectivity index (χ0n) is 15.6. The van der Waals surface area contributed by atoms with Crippen LogP contribution < -0.4 is 10.2 Å². The summed E-state index contributed by atoms with van der Waals surface area (Å²) in [5.74, 6) is 0. The molecule has 1 atom stereocenters. The first-order valence-corrected chi connectivity index (χ1v) is 9.68. The number of anilines is 2. The van der Waals surface area contributed by atoms with Crippen LogP contribution in [0.2, 0.25) is 0 Å². The molecular weight excluding hydrogens is 322 g/mol. The number of likely N-dealkylation sites (tertiary alicyclic amines) is 1. The third-order valence-electron chi connectivity index (χ3n) is 5.07. The second kappa shape index (κ2) is 9.39. The van der Waals surface area contributed by atoms with Crippen LogP contribution in [0.25, 0.3) is 0 Å². The Bertz CT molecular complexity index is 635. The van der Waals surface area contributed by atoms with Gasteiger partial charge in [-0.15, -0.1) is 0 Å². The van der Waals surface area contributed by atoms with Crippen molar-refractivity contribution in [3.8, 4) is 0 Å². The minimum absolute atomic E-state index is 0.0749. The van der Waals surface area contributed by atoms with Crippen LogP contribution in [0.4, 0.5) is 16.2 Å². The Morgan fingerprint density at radius 2 is 1.65 bits per heavy atom. The largest absolute Gasteiger partial charge is 0.337 e. The number of para-hydroxylation sites is 2. The van der Waals surface area contributed by atoms with E-state index in [0.29, 0.717) is 12.6 Å². The van der Waals surface area contributed by atoms with Crippen LogP contribution in [-0.4, -0.2) is 36.6 Å². The minimum atomic E-state index is -0.0749. The van der Waals surface area contributed by atoms with Gasteiger partial charge < -0.3 is 10.2 Å². The molecule has 0 spiro atoms. The van der Waals surface area contributed by atoms with Crippen LogP contribution in [0.3, 0.4) is 0 Å². The SMILES string of the molecule is CC1CCCCN1CCCNC(=O)N(c1ccccc1)c1ccccc1. The van der Waals surface area contributed by atoms with Gasteiger partial charge in [0.2, 0.25) is 0 Å². The lowest BCUT2D eigenvalue weighted by atomic mass is 10.0. The number of carbonyl (C=O) groups is 1. The van der Waals surface area contributed by atoms with Gasteiger partial charge in [-0.1, -0.05) is 42.8 Å². The standard InChI is InChI=1S/C22H29N3O/c1-19-11-8-9-17-24(19)18-10-16-23-22(26)25(20-12-4-2-5-13-20)21-14-6-3-7-15-21/h2-7,12-15,19H,8-11,16-18H2,1H3,(H,23,26). The van der Waals surface area contributed by atoms with Gasteiger partial charge in [-0.25, -0.2) is 4.79 Å². The molecule has 3 rings (SSSR count). The molecule has 2 aromatic rings. The van der Waals surface area contributed by atoms with Gasteiger partial charge in [-0.2, -0.15) is 0 Å². The van der Waals surface area contributed by atoms with Crippen LogP contribution in [-0.2, 0) is 0 Å². The van der Waals surface area contributed by atoms with Crippen LogP contribution >= 0.6 is 0 Å². The van der Waals surface area contributed by atoms with Crippen LogP contribution in [0.5, 0.6) is 0 Å². The average molecular weight is 351 g/mol. The van der Waals surface area contributed by atoms with E-state index in [9.17, 15) is 4.79 Å². The molecule has 0 radical (unpaired) electrons. The highest BCUT2D eigenvalue weighted by molar-refractivity contribution is 5.99. The number of hydrogen-bond acceptors (Lipinski definition) is 2. The number of piperidine rings is 1. The summed E-state index contributed by atoms with van der Waals surface area (Å²) in [5, 5.41) is 3.09. The maximum atomic E-state index is 12.9. The van der Waals surface area contributed by atoms with Crippen molar-refractivity contribution in [2.24, 2.45) is 0 Å². The van der Waals surface area contributed by atoms with Crippen molar-refractivity contribution < 1.29 is 4.79 Å². The molecular formula is C22H29N3O. The number of hydrogen-bond donors (Lipinski definition) is 1. The first-order valence-electron chi connectivity index (χ1n) is 9.68. The molecule has 1 saturated heterocycles. The maximum Gasteiger partial charge on any atom is 0.326 e. The summed E-state index contributed by atoms with van der Waals surface area (Å²) >= 11 is 0. The summed E-state index contributed by atoms with van der Waals surface area (Å²) in [6.07, 6.45) is 4.92. The second-order valence-electron chi connectivity index (χ2n) is 6.97. The van der Waals surface area contributed by atoms with Gasteiger partial charge in [-0.3, -0.25) is 4.90 Å². The number of nitrogens with one attached hydrogen (secondary N) is 1. The van der Waals surface area contributed by atoms with Crippen molar-refractivity contribution in [3.63, 3.8) is 0 Å². The molecule has 0 bridgehead atoms. The predicted octanol–water partition coefficient (Wildman–Crippen LogP) is 4.80. The Kier molecular flexibility index (Phi) is 6.67. The lowest BCUT2D eigenvalue weighted by molar-refractivity contribution is 0.159. The number of amides is 2. The Balaban J connectivity index is 1.58.